The summed E-state index contributed by atoms with van der Waals surface area (Å²) < 4.78 is 10.3. The molecular weight excluding hydrogens is 268 g/mol. The van der Waals surface area contributed by atoms with Crippen molar-refractivity contribution in [3.63, 3.8) is 0 Å². The zero-order valence-corrected chi connectivity index (χ0v) is 13.1. The van der Waals surface area contributed by atoms with Gasteiger partial charge in [-0.1, -0.05) is 26.2 Å². The average Bonchev–Trinajstić information content (AvgIpc) is 2.43. The van der Waals surface area contributed by atoms with E-state index in [1.165, 1.54) is 26.2 Å². The average molecular weight is 292 g/mol. The number of ether oxygens (including phenoxy) is 2. The fraction of sp³-hybridized carbons (Fsp3) is 0.529. The molecule has 4 heteroatoms. The van der Waals surface area contributed by atoms with Crippen LogP contribution in [0.5, 0.6) is 5.75 Å². The Bertz CT molecular complexity index is 450. The molecule has 21 heavy (non-hydrogen) atoms. The zero-order chi connectivity index (χ0) is 15.7. The first-order chi connectivity index (χ1) is 10.0. The number of benzene rings is 1. The van der Waals surface area contributed by atoms with Crippen molar-refractivity contribution in [1.82, 2.24) is 0 Å². The molecule has 0 N–H and O–H groups in total. The maximum atomic E-state index is 11.9. The first-order valence-corrected chi connectivity index (χ1v) is 7.52. The van der Waals surface area contributed by atoms with Crippen molar-refractivity contribution in [2.24, 2.45) is 0 Å². The summed E-state index contributed by atoms with van der Waals surface area (Å²) in [5, 5.41) is 0. The van der Waals surface area contributed by atoms with Crippen molar-refractivity contribution in [3.05, 3.63) is 29.8 Å². The summed E-state index contributed by atoms with van der Waals surface area (Å²) in [5.41, 5.74) is 0.464. The Morgan fingerprint density at radius 1 is 1.10 bits per heavy atom. The molecule has 0 aromatic heterocycles. The molecule has 0 spiro atoms. The lowest BCUT2D eigenvalue weighted by Crippen LogP contribution is -2.15. The Kier molecular flexibility index (Phi) is 7.51. The van der Waals surface area contributed by atoms with Gasteiger partial charge in [0.2, 0.25) is 0 Å². The molecule has 0 aliphatic carbocycles. The van der Waals surface area contributed by atoms with Crippen LogP contribution in [0.25, 0.3) is 0 Å². The molecule has 116 valence electrons. The third kappa shape index (κ3) is 6.93. The third-order valence-corrected chi connectivity index (χ3v) is 3.12. The molecule has 0 heterocycles. The molecule has 1 atom stereocenters. The second-order valence-corrected chi connectivity index (χ2v) is 5.18. The van der Waals surface area contributed by atoms with Gasteiger partial charge in [-0.25, -0.2) is 4.79 Å². The van der Waals surface area contributed by atoms with Gasteiger partial charge in [0.05, 0.1) is 11.7 Å². The van der Waals surface area contributed by atoms with E-state index in [1.807, 2.05) is 6.92 Å². The van der Waals surface area contributed by atoms with Gasteiger partial charge in [-0.3, -0.25) is 4.79 Å². The second kappa shape index (κ2) is 9.16. The molecule has 0 aliphatic rings. The van der Waals surface area contributed by atoms with Crippen LogP contribution in [-0.2, 0) is 9.53 Å². The van der Waals surface area contributed by atoms with Gasteiger partial charge in [-0.15, -0.1) is 0 Å². The van der Waals surface area contributed by atoms with Gasteiger partial charge in [0.15, 0.2) is 0 Å². The summed E-state index contributed by atoms with van der Waals surface area (Å²) in [5.74, 6) is -0.301. The number of carbonyl (C=O) groups excluding carboxylic acids is 2. The van der Waals surface area contributed by atoms with Gasteiger partial charge in [0.25, 0.3) is 0 Å². The van der Waals surface area contributed by atoms with Crippen LogP contribution < -0.4 is 4.74 Å². The molecule has 1 aromatic carbocycles. The molecule has 0 aliphatic heterocycles. The summed E-state index contributed by atoms with van der Waals surface area (Å²) in [4.78, 5) is 22.8. The summed E-state index contributed by atoms with van der Waals surface area (Å²) in [6.45, 7) is 5.42. The van der Waals surface area contributed by atoms with Crippen LogP contribution in [0, 0.1) is 0 Å². The highest BCUT2D eigenvalue weighted by Crippen LogP contribution is 2.15. The third-order valence-electron chi connectivity index (χ3n) is 3.12. The van der Waals surface area contributed by atoms with Gasteiger partial charge >= 0.3 is 11.9 Å². The Balaban J connectivity index is 2.42. The van der Waals surface area contributed by atoms with Crippen LogP contribution in [0.15, 0.2) is 24.3 Å². The number of hydrogen-bond donors (Lipinski definition) is 0. The second-order valence-electron chi connectivity index (χ2n) is 5.18. The summed E-state index contributed by atoms with van der Waals surface area (Å²) in [6, 6.07) is 6.38. The van der Waals surface area contributed by atoms with Crippen LogP contribution in [0.2, 0.25) is 0 Å². The first kappa shape index (κ1) is 17.2. The van der Waals surface area contributed by atoms with Crippen LogP contribution >= 0.6 is 0 Å². The Hall–Kier alpha value is -1.84. The highest BCUT2D eigenvalue weighted by molar-refractivity contribution is 5.89. The van der Waals surface area contributed by atoms with E-state index in [1.54, 1.807) is 24.3 Å². The van der Waals surface area contributed by atoms with Crippen molar-refractivity contribution < 1.29 is 19.1 Å². The number of rotatable bonds is 8. The molecule has 0 amide bonds. The lowest BCUT2D eigenvalue weighted by atomic mass is 10.1. The molecule has 1 aromatic rings. The summed E-state index contributed by atoms with van der Waals surface area (Å²) in [7, 11) is 0. The van der Waals surface area contributed by atoms with E-state index in [0.29, 0.717) is 11.3 Å². The van der Waals surface area contributed by atoms with Crippen molar-refractivity contribution in [2.45, 2.75) is 59.0 Å². The van der Waals surface area contributed by atoms with Crippen LogP contribution in [-0.4, -0.2) is 18.0 Å². The molecule has 0 fully saturated rings. The minimum atomic E-state index is -0.383. The molecule has 0 bridgehead atoms. The summed E-state index contributed by atoms with van der Waals surface area (Å²) in [6.07, 6.45) is 5.48. The SMILES string of the molecule is CCCCCCC(C)OC(=O)c1ccc(OC(C)=O)cc1. The lowest BCUT2D eigenvalue weighted by Gasteiger charge is -2.13. The van der Waals surface area contributed by atoms with Crippen molar-refractivity contribution in [1.29, 1.82) is 0 Å². The van der Waals surface area contributed by atoms with Crippen LogP contribution in [0.1, 0.15) is 63.2 Å². The van der Waals surface area contributed by atoms with Gasteiger partial charge in [-0.05, 0) is 44.0 Å². The quantitative estimate of drug-likeness (QED) is 0.411. The van der Waals surface area contributed by atoms with Crippen molar-refractivity contribution >= 4 is 11.9 Å². The highest BCUT2D eigenvalue weighted by Gasteiger charge is 2.12. The minimum absolute atomic E-state index is 0.0810. The predicted molar refractivity (Wildman–Crippen MR) is 81.4 cm³/mol. The smallest absolute Gasteiger partial charge is 0.338 e. The van der Waals surface area contributed by atoms with Gasteiger partial charge in [0.1, 0.15) is 5.75 Å². The monoisotopic (exact) mass is 292 g/mol. The lowest BCUT2D eigenvalue weighted by molar-refractivity contribution is -0.131. The number of carbonyl (C=O) groups is 2. The van der Waals surface area contributed by atoms with Crippen LogP contribution in [0.4, 0.5) is 0 Å². The first-order valence-electron chi connectivity index (χ1n) is 7.52. The van der Waals surface area contributed by atoms with E-state index in [-0.39, 0.29) is 18.0 Å². The Morgan fingerprint density at radius 2 is 1.76 bits per heavy atom. The predicted octanol–water partition coefficient (Wildman–Crippen LogP) is 4.13. The van der Waals surface area contributed by atoms with E-state index < -0.39 is 0 Å². The zero-order valence-electron chi connectivity index (χ0n) is 13.1. The standard InChI is InChI=1S/C17H24O4/c1-4-5-6-7-8-13(2)20-17(19)15-9-11-16(12-10-15)21-14(3)18/h9-13H,4-8H2,1-3H3. The number of esters is 2. The van der Waals surface area contributed by atoms with Gasteiger partial charge < -0.3 is 9.47 Å². The largest absolute Gasteiger partial charge is 0.459 e. The summed E-state index contributed by atoms with van der Waals surface area (Å²) >= 11 is 0. The van der Waals surface area contributed by atoms with Crippen molar-refractivity contribution in [3.8, 4) is 5.75 Å². The maximum Gasteiger partial charge on any atom is 0.338 e. The minimum Gasteiger partial charge on any atom is -0.459 e. The van der Waals surface area contributed by atoms with E-state index in [9.17, 15) is 9.59 Å². The fourth-order valence-corrected chi connectivity index (χ4v) is 1.99. The normalized spacial score (nSPS) is 11.8. The van der Waals surface area contributed by atoms with Crippen molar-refractivity contribution in [2.75, 3.05) is 0 Å². The van der Waals surface area contributed by atoms with Crippen LogP contribution in [0.3, 0.4) is 0 Å². The fourth-order valence-electron chi connectivity index (χ4n) is 1.99. The van der Waals surface area contributed by atoms with Gasteiger partial charge in [0, 0.05) is 6.92 Å². The van der Waals surface area contributed by atoms with E-state index in [0.717, 1.165) is 12.8 Å². The van der Waals surface area contributed by atoms with Gasteiger partial charge in [-0.2, -0.15) is 0 Å². The maximum absolute atomic E-state index is 11.9. The molecule has 1 unspecified atom stereocenters. The van der Waals surface area contributed by atoms with E-state index >= 15 is 0 Å². The highest BCUT2D eigenvalue weighted by atomic mass is 16.5. The Labute approximate surface area is 126 Å². The number of unbranched alkanes of at least 4 members (excludes halogenated alkanes) is 3. The topological polar surface area (TPSA) is 52.6 Å². The Morgan fingerprint density at radius 3 is 2.33 bits per heavy atom. The molecule has 0 radical (unpaired) electrons. The van der Waals surface area contributed by atoms with E-state index in [2.05, 4.69) is 6.92 Å². The molecule has 4 nitrogen and oxygen atoms in total. The number of hydrogen-bond acceptors (Lipinski definition) is 4. The molecule has 0 saturated heterocycles. The molecular formula is C17H24O4. The van der Waals surface area contributed by atoms with E-state index in [4.69, 9.17) is 9.47 Å². The molecule has 1 rings (SSSR count). The molecule has 0 saturated carbocycles.